The highest BCUT2D eigenvalue weighted by molar-refractivity contribution is 5.97. The quantitative estimate of drug-likeness (QED) is 0.395. The number of hydrogen-bond acceptors (Lipinski definition) is 5. The smallest absolute Gasteiger partial charge is 0.252 e. The molecule has 1 N–H and O–H groups in total. The van der Waals surface area contributed by atoms with E-state index in [2.05, 4.69) is 64.5 Å². The molecule has 1 aliphatic heterocycles. The van der Waals surface area contributed by atoms with Crippen LogP contribution in [0.25, 0.3) is 22.4 Å². The van der Waals surface area contributed by atoms with Crippen LogP contribution in [0.2, 0.25) is 0 Å². The van der Waals surface area contributed by atoms with Gasteiger partial charge in [0, 0.05) is 74.5 Å². The van der Waals surface area contributed by atoms with Gasteiger partial charge in [0.15, 0.2) is 0 Å². The van der Waals surface area contributed by atoms with Crippen LogP contribution in [0.1, 0.15) is 41.4 Å². The summed E-state index contributed by atoms with van der Waals surface area (Å²) in [7, 11) is 4.06. The molecule has 1 saturated heterocycles. The van der Waals surface area contributed by atoms with E-state index in [1.54, 1.807) is 4.68 Å². The predicted octanol–water partition coefficient (Wildman–Crippen LogP) is 4.52. The second kappa shape index (κ2) is 10.8. The monoisotopic (exact) mass is 511 g/mol. The molecule has 1 atom stereocenters. The van der Waals surface area contributed by atoms with E-state index in [1.165, 1.54) is 0 Å². The SMILES string of the molecule is CCn1ccc(-c2cc(-c3cnn(C)c3)cc([C@@H](C)NC(=O)c3cc(N4CCN(C)CC4)ccc3C)c2)n1. The number of benzene rings is 2. The van der Waals surface area contributed by atoms with E-state index in [1.807, 2.05) is 56.3 Å². The lowest BCUT2D eigenvalue weighted by atomic mass is 9.96. The van der Waals surface area contributed by atoms with Crippen LogP contribution in [0, 0.1) is 6.92 Å². The van der Waals surface area contributed by atoms with Crippen LogP contribution in [0.4, 0.5) is 5.69 Å². The molecule has 8 nitrogen and oxygen atoms in total. The number of hydrogen-bond donors (Lipinski definition) is 1. The van der Waals surface area contributed by atoms with Crippen molar-refractivity contribution in [2.75, 3.05) is 38.1 Å². The van der Waals surface area contributed by atoms with Gasteiger partial charge >= 0.3 is 0 Å². The van der Waals surface area contributed by atoms with Gasteiger partial charge in [-0.2, -0.15) is 10.2 Å². The molecular formula is C30H37N7O. The zero-order valence-corrected chi connectivity index (χ0v) is 23.0. The summed E-state index contributed by atoms with van der Waals surface area (Å²) in [5, 5.41) is 12.3. The second-order valence-electron chi connectivity index (χ2n) is 10.3. The minimum Gasteiger partial charge on any atom is -0.369 e. The maximum Gasteiger partial charge on any atom is 0.252 e. The van der Waals surface area contributed by atoms with Gasteiger partial charge in [-0.15, -0.1) is 0 Å². The highest BCUT2D eigenvalue weighted by Crippen LogP contribution is 2.30. The molecule has 38 heavy (non-hydrogen) atoms. The molecule has 198 valence electrons. The van der Waals surface area contributed by atoms with E-state index in [9.17, 15) is 4.79 Å². The first-order chi connectivity index (χ1) is 18.3. The van der Waals surface area contributed by atoms with Crippen molar-refractivity contribution in [3.05, 3.63) is 77.7 Å². The number of nitrogens with zero attached hydrogens (tertiary/aromatic N) is 6. The minimum absolute atomic E-state index is 0.0606. The molecule has 1 fully saturated rings. The van der Waals surface area contributed by atoms with Crippen molar-refractivity contribution >= 4 is 11.6 Å². The number of piperazine rings is 1. The molecule has 1 aliphatic rings. The normalized spacial score (nSPS) is 15.0. The van der Waals surface area contributed by atoms with Gasteiger partial charge in [0.2, 0.25) is 0 Å². The molecular weight excluding hydrogens is 474 g/mol. The Morgan fingerprint density at radius 1 is 1.00 bits per heavy atom. The van der Waals surface area contributed by atoms with Crippen molar-refractivity contribution in [3.8, 4) is 22.4 Å². The van der Waals surface area contributed by atoms with Gasteiger partial charge in [-0.05, 0) is 80.9 Å². The molecule has 0 unspecified atom stereocenters. The van der Waals surface area contributed by atoms with Crippen molar-refractivity contribution in [3.63, 3.8) is 0 Å². The summed E-state index contributed by atoms with van der Waals surface area (Å²) < 4.78 is 3.72. The first kappa shape index (κ1) is 25.7. The van der Waals surface area contributed by atoms with E-state index >= 15 is 0 Å². The highest BCUT2D eigenvalue weighted by atomic mass is 16.1. The summed E-state index contributed by atoms with van der Waals surface area (Å²) in [6.45, 7) is 10.9. The Bertz CT molecular complexity index is 1430. The molecule has 0 saturated carbocycles. The number of amides is 1. The van der Waals surface area contributed by atoms with Crippen LogP contribution in [0.3, 0.4) is 0 Å². The topological polar surface area (TPSA) is 71.2 Å². The largest absolute Gasteiger partial charge is 0.369 e. The van der Waals surface area contributed by atoms with Gasteiger partial charge in [-0.3, -0.25) is 14.2 Å². The Labute approximate surface area is 224 Å². The Balaban J connectivity index is 1.42. The van der Waals surface area contributed by atoms with Crippen molar-refractivity contribution in [1.82, 2.24) is 29.8 Å². The zero-order chi connectivity index (χ0) is 26.8. The standard InChI is InChI=1S/C30H37N7O/c1-6-37-10-9-29(33-37)25-16-23(15-24(17-25)26-19-31-35(5)20-26)22(3)32-30(38)28-18-27(8-7-21(28)2)36-13-11-34(4)12-14-36/h7-10,15-20,22H,6,11-14H2,1-5H3,(H,32,38)/t22-/m1/s1. The third-order valence-corrected chi connectivity index (χ3v) is 7.44. The van der Waals surface area contributed by atoms with Gasteiger partial charge in [-0.1, -0.05) is 6.07 Å². The van der Waals surface area contributed by atoms with E-state index in [-0.39, 0.29) is 11.9 Å². The lowest BCUT2D eigenvalue weighted by molar-refractivity contribution is 0.0939. The van der Waals surface area contributed by atoms with Gasteiger partial charge in [-0.25, -0.2) is 0 Å². The third kappa shape index (κ3) is 5.50. The summed E-state index contributed by atoms with van der Waals surface area (Å²) in [6, 6.07) is 14.5. The molecule has 2 aromatic carbocycles. The average molecular weight is 512 g/mol. The fourth-order valence-electron chi connectivity index (χ4n) is 4.95. The van der Waals surface area contributed by atoms with Crippen LogP contribution >= 0.6 is 0 Å². The minimum atomic E-state index is -0.196. The lowest BCUT2D eigenvalue weighted by Crippen LogP contribution is -2.44. The molecule has 1 amide bonds. The second-order valence-corrected chi connectivity index (χ2v) is 10.3. The molecule has 4 aromatic rings. The van der Waals surface area contributed by atoms with Gasteiger partial charge in [0.25, 0.3) is 5.91 Å². The number of aromatic nitrogens is 4. The van der Waals surface area contributed by atoms with Crippen LogP contribution in [-0.2, 0) is 13.6 Å². The van der Waals surface area contributed by atoms with Crippen molar-refractivity contribution in [2.24, 2.45) is 7.05 Å². The van der Waals surface area contributed by atoms with Crippen molar-refractivity contribution in [1.29, 1.82) is 0 Å². The Morgan fingerprint density at radius 2 is 1.76 bits per heavy atom. The van der Waals surface area contributed by atoms with Gasteiger partial charge in [0.1, 0.15) is 0 Å². The number of rotatable bonds is 7. The lowest BCUT2D eigenvalue weighted by Gasteiger charge is -2.34. The summed E-state index contributed by atoms with van der Waals surface area (Å²) in [6.07, 6.45) is 5.86. The maximum atomic E-state index is 13.5. The third-order valence-electron chi connectivity index (χ3n) is 7.44. The zero-order valence-electron chi connectivity index (χ0n) is 23.0. The number of likely N-dealkylation sites (N-methyl/N-ethyl adjacent to an activating group) is 1. The number of anilines is 1. The maximum absolute atomic E-state index is 13.5. The number of carbonyl (C=O) groups excluding carboxylic acids is 1. The van der Waals surface area contributed by atoms with E-state index in [0.717, 1.165) is 77.5 Å². The van der Waals surface area contributed by atoms with Gasteiger partial charge in [0.05, 0.1) is 17.9 Å². The number of carbonyl (C=O) groups is 1. The van der Waals surface area contributed by atoms with Crippen molar-refractivity contribution < 1.29 is 4.79 Å². The first-order valence-electron chi connectivity index (χ1n) is 13.3. The number of nitrogens with one attached hydrogen (secondary N) is 1. The van der Waals surface area contributed by atoms with E-state index in [0.29, 0.717) is 0 Å². The molecule has 0 aliphatic carbocycles. The van der Waals surface area contributed by atoms with E-state index in [4.69, 9.17) is 5.10 Å². The molecule has 8 heteroatoms. The Kier molecular flexibility index (Phi) is 7.33. The summed E-state index contributed by atoms with van der Waals surface area (Å²) in [4.78, 5) is 18.2. The van der Waals surface area contributed by atoms with Crippen LogP contribution in [0.15, 0.2) is 61.1 Å². The summed E-state index contributed by atoms with van der Waals surface area (Å²) in [5.41, 5.74) is 7.82. The van der Waals surface area contributed by atoms with Gasteiger partial charge < -0.3 is 15.1 Å². The average Bonchev–Trinajstić information content (AvgIpc) is 3.58. The van der Waals surface area contributed by atoms with E-state index < -0.39 is 0 Å². The first-order valence-corrected chi connectivity index (χ1v) is 13.3. The predicted molar refractivity (Wildman–Crippen MR) is 152 cm³/mol. The number of aryl methyl sites for hydroxylation is 3. The molecule has 0 radical (unpaired) electrons. The van der Waals surface area contributed by atoms with Crippen LogP contribution in [-0.4, -0.2) is 63.6 Å². The molecule has 2 aromatic heterocycles. The fourth-order valence-corrected chi connectivity index (χ4v) is 4.95. The molecule has 0 spiro atoms. The molecule has 0 bridgehead atoms. The summed E-state index contributed by atoms with van der Waals surface area (Å²) >= 11 is 0. The molecule has 3 heterocycles. The van der Waals surface area contributed by atoms with Crippen molar-refractivity contribution in [2.45, 2.75) is 33.4 Å². The van der Waals surface area contributed by atoms with Crippen LogP contribution in [0.5, 0.6) is 0 Å². The Hall–Kier alpha value is -3.91. The fraction of sp³-hybridized carbons (Fsp3) is 0.367. The highest BCUT2D eigenvalue weighted by Gasteiger charge is 2.19. The molecule has 5 rings (SSSR count). The Morgan fingerprint density at radius 3 is 2.45 bits per heavy atom. The van der Waals surface area contributed by atoms with Crippen LogP contribution < -0.4 is 10.2 Å². The summed E-state index contributed by atoms with van der Waals surface area (Å²) in [5.74, 6) is -0.0606.